The van der Waals surface area contributed by atoms with E-state index in [9.17, 15) is 26.7 Å². The zero-order valence-corrected chi connectivity index (χ0v) is 14.2. The van der Waals surface area contributed by atoms with E-state index in [4.69, 9.17) is 0 Å². The van der Waals surface area contributed by atoms with E-state index in [0.717, 1.165) is 4.57 Å². The third-order valence-electron chi connectivity index (χ3n) is 3.72. The van der Waals surface area contributed by atoms with Crippen LogP contribution in [0.3, 0.4) is 0 Å². The maximum atomic E-state index is 13.5. The third-order valence-corrected chi connectivity index (χ3v) is 3.72. The van der Waals surface area contributed by atoms with Gasteiger partial charge in [-0.25, -0.2) is 4.98 Å². The summed E-state index contributed by atoms with van der Waals surface area (Å²) in [5.41, 5.74) is 1.37. The minimum absolute atomic E-state index is 0.0580. The van der Waals surface area contributed by atoms with Gasteiger partial charge < -0.3 is 10.1 Å². The number of anilines is 1. The number of hydrogen-bond acceptors (Lipinski definition) is 3. The molecule has 5 nitrogen and oxygen atoms in total. The Morgan fingerprint density at radius 2 is 1.79 bits per heavy atom. The summed E-state index contributed by atoms with van der Waals surface area (Å²) in [5.74, 6) is -0.709. The number of nitrogens with one attached hydrogen (secondary N) is 1. The highest BCUT2D eigenvalue weighted by molar-refractivity contribution is 5.92. The van der Waals surface area contributed by atoms with Crippen molar-refractivity contribution >= 4 is 22.6 Å². The van der Waals surface area contributed by atoms with E-state index in [0.29, 0.717) is 11.1 Å². The molecule has 0 radical (unpaired) electrons. The number of carbonyl (C=O) groups is 1. The molecule has 10 heteroatoms. The van der Waals surface area contributed by atoms with E-state index < -0.39 is 31.8 Å². The molecule has 0 saturated heterocycles. The van der Waals surface area contributed by atoms with E-state index in [2.05, 4.69) is 15.0 Å². The van der Waals surface area contributed by atoms with Crippen molar-refractivity contribution < 1.29 is 31.5 Å². The monoisotopic (exact) mass is 399 g/mol. The fourth-order valence-electron chi connectivity index (χ4n) is 2.60. The molecule has 1 amide bonds. The first kappa shape index (κ1) is 19.7. The number of hydrogen-bond donors (Lipinski definition) is 1. The zero-order valence-electron chi connectivity index (χ0n) is 14.2. The first-order valence-corrected chi connectivity index (χ1v) is 8.04. The number of benzene rings is 2. The van der Waals surface area contributed by atoms with Crippen LogP contribution in [0, 0.1) is 0 Å². The molecule has 0 bridgehead atoms. The quantitative estimate of drug-likeness (QED) is 0.616. The van der Waals surface area contributed by atoms with Crippen LogP contribution in [0.2, 0.25) is 0 Å². The molecule has 28 heavy (non-hydrogen) atoms. The van der Waals surface area contributed by atoms with Crippen molar-refractivity contribution in [2.45, 2.75) is 12.7 Å². The molecular formula is C18H14F5N3O2. The minimum atomic E-state index is -4.52. The molecule has 1 aromatic heterocycles. The SMILES string of the molecule is O=C(COCC(F)(F)F)Nc1ccc(-c2nc3ccccc3n2C(F)F)cc1. The number of alkyl halides is 5. The van der Waals surface area contributed by atoms with Crippen LogP contribution in [0.4, 0.5) is 27.6 Å². The number of aromatic nitrogens is 2. The van der Waals surface area contributed by atoms with Crippen LogP contribution in [0.5, 0.6) is 0 Å². The number of amides is 1. The molecule has 0 fully saturated rings. The molecule has 0 atom stereocenters. The fraction of sp³-hybridized carbons (Fsp3) is 0.222. The number of nitrogens with zero attached hydrogens (tertiary/aromatic N) is 2. The van der Waals surface area contributed by atoms with E-state index in [1.165, 1.54) is 30.3 Å². The van der Waals surface area contributed by atoms with Gasteiger partial charge in [-0.15, -0.1) is 0 Å². The maximum absolute atomic E-state index is 13.5. The Hall–Kier alpha value is -3.01. The molecule has 0 aliphatic rings. The van der Waals surface area contributed by atoms with Crippen molar-refractivity contribution in [2.75, 3.05) is 18.5 Å². The number of carbonyl (C=O) groups excluding carboxylic acids is 1. The summed E-state index contributed by atoms with van der Waals surface area (Å²) in [7, 11) is 0. The lowest BCUT2D eigenvalue weighted by molar-refractivity contribution is -0.174. The molecule has 1 N–H and O–H groups in total. The van der Waals surface area contributed by atoms with E-state index in [-0.39, 0.29) is 17.0 Å². The van der Waals surface area contributed by atoms with Gasteiger partial charge in [-0.3, -0.25) is 9.36 Å². The first-order valence-electron chi connectivity index (χ1n) is 8.04. The van der Waals surface area contributed by atoms with Crippen LogP contribution >= 0.6 is 0 Å². The Morgan fingerprint density at radius 3 is 2.43 bits per heavy atom. The van der Waals surface area contributed by atoms with Crippen molar-refractivity contribution in [3.8, 4) is 11.4 Å². The van der Waals surface area contributed by atoms with Crippen LogP contribution < -0.4 is 5.32 Å². The summed E-state index contributed by atoms with van der Waals surface area (Å²) in [5, 5.41) is 2.36. The molecule has 0 saturated carbocycles. The highest BCUT2D eigenvalue weighted by atomic mass is 19.4. The average molecular weight is 399 g/mol. The summed E-state index contributed by atoms with van der Waals surface area (Å²) in [6, 6.07) is 12.3. The Morgan fingerprint density at radius 1 is 1.11 bits per heavy atom. The first-order chi connectivity index (χ1) is 13.2. The molecular weight excluding hydrogens is 385 g/mol. The lowest BCUT2D eigenvalue weighted by Gasteiger charge is -2.10. The second-order valence-electron chi connectivity index (χ2n) is 5.81. The fourth-order valence-corrected chi connectivity index (χ4v) is 2.60. The van der Waals surface area contributed by atoms with Crippen LogP contribution in [0.1, 0.15) is 6.55 Å². The van der Waals surface area contributed by atoms with Crippen molar-refractivity contribution in [3.05, 3.63) is 48.5 Å². The molecule has 148 valence electrons. The van der Waals surface area contributed by atoms with Crippen molar-refractivity contribution in [3.63, 3.8) is 0 Å². The number of para-hydroxylation sites is 2. The number of rotatable bonds is 6. The van der Waals surface area contributed by atoms with Gasteiger partial charge in [-0.05, 0) is 36.4 Å². The third kappa shape index (κ3) is 4.63. The second-order valence-corrected chi connectivity index (χ2v) is 5.81. The molecule has 2 aromatic carbocycles. The summed E-state index contributed by atoms with van der Waals surface area (Å²) in [6.07, 6.45) is -4.52. The van der Waals surface area contributed by atoms with Gasteiger partial charge in [0.25, 0.3) is 0 Å². The van der Waals surface area contributed by atoms with Crippen molar-refractivity contribution in [1.82, 2.24) is 9.55 Å². The molecule has 3 aromatic rings. The summed E-state index contributed by atoms with van der Waals surface area (Å²) in [6.45, 7) is -5.08. The Bertz CT molecular complexity index is 968. The maximum Gasteiger partial charge on any atom is 0.411 e. The summed E-state index contributed by atoms with van der Waals surface area (Å²) in [4.78, 5) is 15.8. The highest BCUT2D eigenvalue weighted by Crippen LogP contribution is 2.30. The van der Waals surface area contributed by atoms with Gasteiger partial charge in [0, 0.05) is 11.3 Å². The van der Waals surface area contributed by atoms with Gasteiger partial charge in [-0.2, -0.15) is 22.0 Å². The number of fused-ring (bicyclic) bond motifs is 1. The average Bonchev–Trinajstić information content (AvgIpc) is 3.01. The Balaban J connectivity index is 1.74. The van der Waals surface area contributed by atoms with Crippen molar-refractivity contribution in [1.29, 1.82) is 0 Å². The molecule has 0 spiro atoms. The lowest BCUT2D eigenvalue weighted by Crippen LogP contribution is -2.23. The lowest BCUT2D eigenvalue weighted by atomic mass is 10.2. The van der Waals surface area contributed by atoms with E-state index in [1.54, 1.807) is 18.2 Å². The van der Waals surface area contributed by atoms with E-state index >= 15 is 0 Å². The van der Waals surface area contributed by atoms with Gasteiger partial charge in [0.05, 0.1) is 11.0 Å². The predicted octanol–water partition coefficient (Wildman–Crippen LogP) is 4.62. The minimum Gasteiger partial charge on any atom is -0.362 e. The van der Waals surface area contributed by atoms with Crippen LogP contribution in [0.25, 0.3) is 22.4 Å². The number of halogens is 5. The van der Waals surface area contributed by atoms with Gasteiger partial charge in [-0.1, -0.05) is 12.1 Å². The van der Waals surface area contributed by atoms with Gasteiger partial charge in [0.15, 0.2) is 0 Å². The molecule has 0 aliphatic carbocycles. The molecule has 3 rings (SSSR count). The molecule has 0 aliphatic heterocycles. The van der Waals surface area contributed by atoms with Crippen LogP contribution in [0.15, 0.2) is 48.5 Å². The number of imidazole rings is 1. The van der Waals surface area contributed by atoms with Crippen LogP contribution in [-0.2, 0) is 9.53 Å². The summed E-state index contributed by atoms with van der Waals surface area (Å²) >= 11 is 0. The zero-order chi connectivity index (χ0) is 20.3. The second kappa shape index (κ2) is 7.93. The van der Waals surface area contributed by atoms with Crippen LogP contribution in [-0.4, -0.2) is 34.8 Å². The number of ether oxygens (including phenoxy) is 1. The topological polar surface area (TPSA) is 56.1 Å². The highest BCUT2D eigenvalue weighted by Gasteiger charge is 2.27. The largest absolute Gasteiger partial charge is 0.411 e. The Kier molecular flexibility index (Phi) is 5.59. The standard InChI is InChI=1S/C18H14F5N3O2/c19-17(20)26-14-4-2-1-3-13(14)25-16(26)11-5-7-12(8-6-11)24-15(27)9-28-10-18(21,22)23/h1-8,17H,9-10H2,(H,24,27). The van der Waals surface area contributed by atoms with Gasteiger partial charge in [0.2, 0.25) is 5.91 Å². The normalized spacial score (nSPS) is 11.9. The predicted molar refractivity (Wildman–Crippen MR) is 91.9 cm³/mol. The Labute approximate surface area is 155 Å². The molecule has 0 unspecified atom stereocenters. The smallest absolute Gasteiger partial charge is 0.362 e. The molecule has 1 heterocycles. The summed E-state index contributed by atoms with van der Waals surface area (Å²) < 4.78 is 68.0. The van der Waals surface area contributed by atoms with Crippen molar-refractivity contribution in [2.24, 2.45) is 0 Å². The van der Waals surface area contributed by atoms with Gasteiger partial charge >= 0.3 is 12.7 Å². The van der Waals surface area contributed by atoms with Gasteiger partial charge in [0.1, 0.15) is 19.0 Å². The van der Waals surface area contributed by atoms with E-state index in [1.807, 2.05) is 0 Å².